The molecule has 3 rings (SSSR count). The highest BCUT2D eigenvalue weighted by atomic mass is 32.2. The third kappa shape index (κ3) is 4.85. The second kappa shape index (κ2) is 8.66. The molecule has 0 unspecified atom stereocenters. The Morgan fingerprint density at radius 3 is 2.47 bits per heavy atom. The Hall–Kier alpha value is -3.20. The van der Waals surface area contributed by atoms with E-state index in [0.29, 0.717) is 11.5 Å². The zero-order chi connectivity index (χ0) is 21.9. The molecule has 0 aliphatic rings. The maximum absolute atomic E-state index is 13.0. The summed E-state index contributed by atoms with van der Waals surface area (Å²) in [6.07, 6.45) is 1.09. The van der Waals surface area contributed by atoms with Crippen LogP contribution in [0.1, 0.15) is 18.4 Å². The van der Waals surface area contributed by atoms with E-state index in [4.69, 9.17) is 4.52 Å². The van der Waals surface area contributed by atoms with Gasteiger partial charge in [0.05, 0.1) is 18.5 Å². The zero-order valence-corrected chi connectivity index (χ0v) is 18.1. The molecule has 1 aromatic heterocycles. The zero-order valence-electron chi connectivity index (χ0n) is 17.3. The average molecular weight is 429 g/mol. The molecule has 3 aromatic rings. The number of aryl methyl sites for hydroxylation is 1. The molecule has 158 valence electrons. The Kier molecular flexibility index (Phi) is 6.21. The summed E-state index contributed by atoms with van der Waals surface area (Å²) in [6.45, 7) is 3.49. The van der Waals surface area contributed by atoms with Crippen LogP contribution in [0.2, 0.25) is 0 Å². The molecule has 1 amide bonds. The van der Waals surface area contributed by atoms with Crippen molar-refractivity contribution in [1.29, 1.82) is 0 Å². The summed E-state index contributed by atoms with van der Waals surface area (Å²) >= 11 is 0. The summed E-state index contributed by atoms with van der Waals surface area (Å²) < 4.78 is 31.3. The van der Waals surface area contributed by atoms with Crippen molar-refractivity contribution in [2.45, 2.75) is 26.4 Å². The fourth-order valence-corrected chi connectivity index (χ4v) is 4.35. The van der Waals surface area contributed by atoms with E-state index >= 15 is 0 Å². The summed E-state index contributed by atoms with van der Waals surface area (Å²) in [7, 11) is -2.11. The SMILES string of the molecule is Cc1cccc(N([C@@H](C)C(=O)N(C)Cc2nc(-c3ccccc3)no2)S(C)(=O)=O)c1. The Bertz CT molecular complexity index is 1130. The largest absolute Gasteiger partial charge is 0.337 e. The minimum atomic E-state index is -3.68. The molecule has 0 radical (unpaired) electrons. The molecular formula is C21H24N4O4S. The first kappa shape index (κ1) is 21.5. The lowest BCUT2D eigenvalue weighted by Crippen LogP contribution is -2.48. The second-order valence-electron chi connectivity index (χ2n) is 7.15. The van der Waals surface area contributed by atoms with E-state index in [2.05, 4.69) is 10.1 Å². The van der Waals surface area contributed by atoms with Crippen molar-refractivity contribution in [3.63, 3.8) is 0 Å². The number of amides is 1. The fourth-order valence-electron chi connectivity index (χ4n) is 3.19. The van der Waals surface area contributed by atoms with Crippen LogP contribution < -0.4 is 4.31 Å². The van der Waals surface area contributed by atoms with Gasteiger partial charge in [0.25, 0.3) is 0 Å². The number of hydrogen-bond acceptors (Lipinski definition) is 6. The van der Waals surface area contributed by atoms with Crippen LogP contribution in [0.3, 0.4) is 0 Å². The van der Waals surface area contributed by atoms with Gasteiger partial charge in [-0.3, -0.25) is 9.10 Å². The van der Waals surface area contributed by atoms with Crippen molar-refractivity contribution in [3.8, 4) is 11.4 Å². The number of aromatic nitrogens is 2. The van der Waals surface area contributed by atoms with Crippen LogP contribution >= 0.6 is 0 Å². The minimum absolute atomic E-state index is 0.0639. The molecule has 1 heterocycles. The topological polar surface area (TPSA) is 96.6 Å². The first-order chi connectivity index (χ1) is 14.2. The lowest BCUT2D eigenvalue weighted by molar-refractivity contribution is -0.131. The van der Waals surface area contributed by atoms with Crippen molar-refractivity contribution < 1.29 is 17.7 Å². The molecule has 0 N–H and O–H groups in total. The van der Waals surface area contributed by atoms with Gasteiger partial charge < -0.3 is 9.42 Å². The van der Waals surface area contributed by atoms with Gasteiger partial charge >= 0.3 is 0 Å². The second-order valence-corrected chi connectivity index (χ2v) is 9.01. The first-order valence-corrected chi connectivity index (χ1v) is 11.2. The summed E-state index contributed by atoms with van der Waals surface area (Å²) in [5, 5.41) is 3.94. The minimum Gasteiger partial charge on any atom is -0.337 e. The van der Waals surface area contributed by atoms with Crippen LogP contribution in [0.15, 0.2) is 59.1 Å². The van der Waals surface area contributed by atoms with Gasteiger partial charge in [0.1, 0.15) is 6.04 Å². The molecule has 0 bridgehead atoms. The van der Waals surface area contributed by atoms with Crippen molar-refractivity contribution in [2.75, 3.05) is 17.6 Å². The van der Waals surface area contributed by atoms with Gasteiger partial charge in [-0.1, -0.05) is 47.6 Å². The Morgan fingerprint density at radius 2 is 1.83 bits per heavy atom. The normalized spacial score (nSPS) is 12.4. The van der Waals surface area contributed by atoms with Crippen LogP contribution in [-0.4, -0.2) is 48.7 Å². The lowest BCUT2D eigenvalue weighted by atomic mass is 10.2. The van der Waals surface area contributed by atoms with E-state index in [1.54, 1.807) is 32.2 Å². The van der Waals surface area contributed by atoms with Crippen molar-refractivity contribution in [3.05, 3.63) is 66.1 Å². The lowest BCUT2D eigenvalue weighted by Gasteiger charge is -2.30. The quantitative estimate of drug-likeness (QED) is 0.574. The van der Waals surface area contributed by atoms with Crippen molar-refractivity contribution >= 4 is 21.6 Å². The number of nitrogens with zero attached hydrogens (tertiary/aromatic N) is 4. The monoisotopic (exact) mass is 428 g/mol. The van der Waals surface area contributed by atoms with Crippen molar-refractivity contribution in [1.82, 2.24) is 15.0 Å². The van der Waals surface area contributed by atoms with E-state index in [0.717, 1.165) is 21.7 Å². The molecule has 0 aliphatic heterocycles. The van der Waals surface area contributed by atoms with E-state index in [9.17, 15) is 13.2 Å². The Labute approximate surface area is 176 Å². The number of rotatable bonds is 7. The first-order valence-electron chi connectivity index (χ1n) is 9.36. The molecular weight excluding hydrogens is 404 g/mol. The molecule has 30 heavy (non-hydrogen) atoms. The average Bonchev–Trinajstić information content (AvgIpc) is 3.15. The highest BCUT2D eigenvalue weighted by Gasteiger charge is 2.31. The van der Waals surface area contributed by atoms with E-state index in [1.165, 1.54) is 4.90 Å². The van der Waals surface area contributed by atoms with Gasteiger partial charge in [-0.15, -0.1) is 0 Å². The predicted molar refractivity (Wildman–Crippen MR) is 114 cm³/mol. The maximum Gasteiger partial charge on any atom is 0.246 e. The molecule has 0 fully saturated rings. The summed E-state index contributed by atoms with van der Waals surface area (Å²) in [5.41, 5.74) is 2.14. The Balaban J connectivity index is 1.78. The highest BCUT2D eigenvalue weighted by molar-refractivity contribution is 7.92. The number of benzene rings is 2. The van der Waals surface area contributed by atoms with Crippen LogP contribution in [0.4, 0.5) is 5.69 Å². The number of hydrogen-bond donors (Lipinski definition) is 0. The summed E-state index contributed by atoms with van der Waals surface area (Å²) in [5.74, 6) is 0.303. The third-order valence-electron chi connectivity index (χ3n) is 4.57. The maximum atomic E-state index is 13.0. The van der Waals surface area contributed by atoms with Gasteiger partial charge in [-0.25, -0.2) is 8.42 Å². The van der Waals surface area contributed by atoms with Gasteiger partial charge in [-0.05, 0) is 31.5 Å². The Morgan fingerprint density at radius 1 is 1.13 bits per heavy atom. The van der Waals surface area contributed by atoms with Crippen molar-refractivity contribution in [2.24, 2.45) is 0 Å². The molecule has 2 aromatic carbocycles. The number of sulfonamides is 1. The van der Waals surface area contributed by atoms with Crippen LogP contribution in [0.25, 0.3) is 11.4 Å². The van der Waals surface area contributed by atoms with Gasteiger partial charge in [-0.2, -0.15) is 4.98 Å². The van der Waals surface area contributed by atoms with Crippen LogP contribution in [0, 0.1) is 6.92 Å². The van der Waals surface area contributed by atoms with E-state index in [-0.39, 0.29) is 18.3 Å². The van der Waals surface area contributed by atoms with Gasteiger partial charge in [0.15, 0.2) is 0 Å². The molecule has 0 saturated carbocycles. The summed E-state index contributed by atoms with van der Waals surface area (Å²) in [4.78, 5) is 18.7. The van der Waals surface area contributed by atoms with Crippen LogP contribution in [0.5, 0.6) is 0 Å². The van der Waals surface area contributed by atoms with Gasteiger partial charge in [0, 0.05) is 12.6 Å². The number of carbonyl (C=O) groups excluding carboxylic acids is 1. The fraction of sp³-hybridized carbons (Fsp3) is 0.286. The molecule has 0 aliphatic carbocycles. The molecule has 9 heteroatoms. The number of carbonyl (C=O) groups is 1. The molecule has 0 saturated heterocycles. The summed E-state index contributed by atoms with van der Waals surface area (Å²) in [6, 6.07) is 15.4. The van der Waals surface area contributed by atoms with E-state index < -0.39 is 16.1 Å². The highest BCUT2D eigenvalue weighted by Crippen LogP contribution is 2.23. The molecule has 1 atom stereocenters. The van der Waals surface area contributed by atoms with Crippen LogP contribution in [-0.2, 0) is 21.4 Å². The molecule has 0 spiro atoms. The smallest absolute Gasteiger partial charge is 0.246 e. The third-order valence-corrected chi connectivity index (χ3v) is 5.81. The number of likely N-dealkylation sites (N-methyl/N-ethyl adjacent to an activating group) is 1. The standard InChI is InChI=1S/C21H24N4O4S/c1-15-9-8-12-18(13-15)25(30(4,27)28)16(2)21(26)24(3)14-19-22-20(23-29-19)17-10-6-5-7-11-17/h5-13,16H,14H2,1-4H3/t16-/m0/s1. The number of anilines is 1. The predicted octanol–water partition coefficient (Wildman–Crippen LogP) is 2.86. The molecule has 8 nitrogen and oxygen atoms in total. The van der Waals surface area contributed by atoms with Gasteiger partial charge in [0.2, 0.25) is 27.6 Å². The van der Waals surface area contributed by atoms with E-state index in [1.807, 2.05) is 43.3 Å².